The quantitative estimate of drug-likeness (QED) is 0.611. The maximum atomic E-state index is 13.3. The highest BCUT2D eigenvalue weighted by Crippen LogP contribution is 2.26. The zero-order valence-electron chi connectivity index (χ0n) is 16.9. The summed E-state index contributed by atoms with van der Waals surface area (Å²) < 4.78 is 19.4. The second-order valence-corrected chi connectivity index (χ2v) is 8.29. The van der Waals surface area contributed by atoms with E-state index >= 15 is 0 Å². The van der Waals surface area contributed by atoms with Gasteiger partial charge in [-0.3, -0.25) is 4.99 Å². The minimum atomic E-state index is -0.231. The summed E-state index contributed by atoms with van der Waals surface area (Å²) in [5, 5.41) is 5.64. The smallest absolute Gasteiger partial charge is 0.193 e. The van der Waals surface area contributed by atoms with Gasteiger partial charge in [0.15, 0.2) is 5.96 Å². The molecule has 28 heavy (non-hydrogen) atoms. The fourth-order valence-corrected chi connectivity index (χ4v) is 4.45. The maximum absolute atomic E-state index is 13.3. The number of rotatable bonds is 5. The first-order valence-electron chi connectivity index (χ1n) is 9.54. The van der Waals surface area contributed by atoms with E-state index in [2.05, 4.69) is 58.6 Å². The minimum absolute atomic E-state index is 0.0595. The molecular weight excluding hydrogens is 375 g/mol. The first-order chi connectivity index (χ1) is 13.5. The summed E-state index contributed by atoms with van der Waals surface area (Å²) in [6.45, 7) is 4.28. The van der Waals surface area contributed by atoms with Gasteiger partial charge in [0, 0.05) is 25.0 Å². The number of benzene rings is 1. The van der Waals surface area contributed by atoms with Crippen molar-refractivity contribution in [3.05, 3.63) is 58.0 Å². The lowest BCUT2D eigenvalue weighted by atomic mass is 10.1. The van der Waals surface area contributed by atoms with Gasteiger partial charge in [0.05, 0.1) is 18.7 Å². The van der Waals surface area contributed by atoms with Crippen LogP contribution in [0.15, 0.2) is 46.8 Å². The van der Waals surface area contributed by atoms with Crippen LogP contribution in [-0.4, -0.2) is 62.6 Å². The Morgan fingerprint density at radius 2 is 2.07 bits per heavy atom. The lowest BCUT2D eigenvalue weighted by Crippen LogP contribution is -2.51. The van der Waals surface area contributed by atoms with Crippen molar-refractivity contribution in [2.24, 2.45) is 4.99 Å². The number of hydrogen-bond donors (Lipinski definition) is 1. The monoisotopic (exact) mass is 404 g/mol. The number of hydrogen-bond acceptors (Lipinski definition) is 4. The summed E-state index contributed by atoms with van der Waals surface area (Å²) in [5.74, 6) is 0.635. The molecule has 1 saturated heterocycles. The lowest BCUT2D eigenvalue weighted by molar-refractivity contribution is -0.0605. The predicted octanol–water partition coefficient (Wildman–Crippen LogP) is 3.53. The molecule has 0 saturated carbocycles. The molecule has 1 aliphatic rings. The van der Waals surface area contributed by atoms with Gasteiger partial charge < -0.3 is 19.9 Å². The molecule has 3 unspecified atom stereocenters. The number of ether oxygens (including phenoxy) is 1. The predicted molar refractivity (Wildman–Crippen MR) is 113 cm³/mol. The largest absolute Gasteiger partial charge is 0.367 e. The summed E-state index contributed by atoms with van der Waals surface area (Å²) in [4.78, 5) is 10.3. The van der Waals surface area contributed by atoms with E-state index in [0.717, 1.165) is 24.6 Å². The van der Waals surface area contributed by atoms with Crippen LogP contribution in [0.4, 0.5) is 4.39 Å². The average Bonchev–Trinajstić information content (AvgIpc) is 3.19. The number of aliphatic imine (C=N–C) groups is 1. The SMILES string of the molecule is CN=C(NCC(c1cccs1)N(C)C)N1CC(C)OC(c2ccc(F)cc2)C1. The molecule has 0 spiro atoms. The van der Waals surface area contributed by atoms with Gasteiger partial charge in [-0.05, 0) is 50.2 Å². The van der Waals surface area contributed by atoms with E-state index in [4.69, 9.17) is 4.74 Å². The van der Waals surface area contributed by atoms with E-state index in [1.54, 1.807) is 23.5 Å². The van der Waals surface area contributed by atoms with Crippen molar-refractivity contribution in [3.8, 4) is 0 Å². The second-order valence-electron chi connectivity index (χ2n) is 7.31. The summed E-state index contributed by atoms with van der Waals surface area (Å²) >= 11 is 1.77. The van der Waals surface area contributed by atoms with E-state index in [1.165, 1.54) is 17.0 Å². The normalized spacial score (nSPS) is 21.8. The van der Waals surface area contributed by atoms with Crippen LogP contribution in [0.1, 0.15) is 29.5 Å². The van der Waals surface area contributed by atoms with Crippen LogP contribution in [-0.2, 0) is 4.74 Å². The van der Waals surface area contributed by atoms with Crippen molar-refractivity contribution >= 4 is 17.3 Å². The molecule has 1 aliphatic heterocycles. The van der Waals surface area contributed by atoms with Gasteiger partial charge in [0.2, 0.25) is 0 Å². The summed E-state index contributed by atoms with van der Waals surface area (Å²) in [7, 11) is 6.00. The van der Waals surface area contributed by atoms with Gasteiger partial charge in [0.25, 0.3) is 0 Å². The number of guanidine groups is 1. The summed E-state index contributed by atoms with van der Waals surface area (Å²) in [5.41, 5.74) is 0.984. The Kier molecular flexibility index (Phi) is 7.04. The van der Waals surface area contributed by atoms with E-state index in [-0.39, 0.29) is 24.1 Å². The van der Waals surface area contributed by atoms with Crippen LogP contribution < -0.4 is 5.32 Å². The van der Waals surface area contributed by atoms with Crippen LogP contribution in [0.2, 0.25) is 0 Å². The Labute approximate surface area is 170 Å². The number of halogens is 1. The fraction of sp³-hybridized carbons (Fsp3) is 0.476. The molecule has 3 atom stereocenters. The van der Waals surface area contributed by atoms with Gasteiger partial charge in [-0.15, -0.1) is 11.3 Å². The molecule has 0 amide bonds. The highest BCUT2D eigenvalue weighted by molar-refractivity contribution is 7.10. The van der Waals surface area contributed by atoms with Crippen LogP contribution in [0, 0.1) is 5.82 Å². The van der Waals surface area contributed by atoms with Gasteiger partial charge in [-0.25, -0.2) is 4.39 Å². The Morgan fingerprint density at radius 1 is 1.32 bits per heavy atom. The van der Waals surface area contributed by atoms with Crippen LogP contribution >= 0.6 is 11.3 Å². The Hall–Kier alpha value is -1.96. The average molecular weight is 405 g/mol. The zero-order chi connectivity index (χ0) is 20.1. The Bertz CT molecular complexity index is 763. The van der Waals surface area contributed by atoms with Gasteiger partial charge >= 0.3 is 0 Å². The third kappa shape index (κ3) is 5.10. The molecule has 7 heteroatoms. The highest BCUT2D eigenvalue weighted by atomic mass is 32.1. The molecule has 1 aromatic carbocycles. The number of likely N-dealkylation sites (N-methyl/N-ethyl adjacent to an activating group) is 1. The summed E-state index contributed by atoms with van der Waals surface area (Å²) in [6.07, 6.45) is -0.0471. The van der Waals surface area contributed by atoms with Crippen molar-refractivity contribution in [2.75, 3.05) is 40.8 Å². The van der Waals surface area contributed by atoms with E-state index in [9.17, 15) is 4.39 Å². The molecule has 152 valence electrons. The van der Waals surface area contributed by atoms with Gasteiger partial charge in [-0.1, -0.05) is 18.2 Å². The maximum Gasteiger partial charge on any atom is 0.193 e. The number of thiophene rings is 1. The van der Waals surface area contributed by atoms with Crippen LogP contribution in [0.5, 0.6) is 0 Å². The third-order valence-corrected chi connectivity index (χ3v) is 5.94. The standard InChI is InChI=1S/C21H29FN4OS/c1-15-13-26(14-19(27-15)16-7-9-17(22)10-8-16)21(23-2)24-12-18(25(3)4)20-6-5-11-28-20/h5-11,15,18-19H,12-14H2,1-4H3,(H,23,24). The van der Waals surface area contributed by atoms with E-state index in [1.807, 2.05) is 7.05 Å². The van der Waals surface area contributed by atoms with Crippen molar-refractivity contribution < 1.29 is 9.13 Å². The Balaban J connectivity index is 1.68. The molecule has 1 aromatic heterocycles. The molecule has 1 fully saturated rings. The topological polar surface area (TPSA) is 40.1 Å². The first kappa shape index (κ1) is 20.8. The molecule has 5 nitrogen and oxygen atoms in total. The highest BCUT2D eigenvalue weighted by Gasteiger charge is 2.29. The van der Waals surface area contributed by atoms with Crippen LogP contribution in [0.25, 0.3) is 0 Å². The molecule has 0 bridgehead atoms. The van der Waals surface area contributed by atoms with Gasteiger partial charge in [-0.2, -0.15) is 0 Å². The zero-order valence-corrected chi connectivity index (χ0v) is 17.7. The van der Waals surface area contributed by atoms with Crippen molar-refractivity contribution in [2.45, 2.75) is 25.2 Å². The molecule has 2 heterocycles. The molecular formula is C21H29FN4OS. The summed E-state index contributed by atoms with van der Waals surface area (Å²) in [6, 6.07) is 11.1. The minimum Gasteiger partial charge on any atom is -0.367 e. The van der Waals surface area contributed by atoms with Crippen LogP contribution in [0.3, 0.4) is 0 Å². The van der Waals surface area contributed by atoms with Crippen molar-refractivity contribution in [1.29, 1.82) is 0 Å². The molecule has 0 radical (unpaired) electrons. The van der Waals surface area contributed by atoms with Crippen molar-refractivity contribution in [3.63, 3.8) is 0 Å². The molecule has 2 aromatic rings. The number of nitrogens with one attached hydrogen (secondary N) is 1. The first-order valence-corrected chi connectivity index (χ1v) is 10.4. The van der Waals surface area contributed by atoms with Gasteiger partial charge in [0.1, 0.15) is 11.9 Å². The molecule has 0 aliphatic carbocycles. The Morgan fingerprint density at radius 3 is 2.68 bits per heavy atom. The lowest BCUT2D eigenvalue weighted by Gasteiger charge is -2.39. The number of nitrogens with zero attached hydrogens (tertiary/aromatic N) is 3. The molecule has 1 N–H and O–H groups in total. The fourth-order valence-electron chi connectivity index (χ4n) is 3.52. The third-order valence-electron chi connectivity index (χ3n) is 4.96. The van der Waals surface area contributed by atoms with Crippen molar-refractivity contribution in [1.82, 2.24) is 15.1 Å². The van der Waals surface area contributed by atoms with E-state index in [0.29, 0.717) is 6.54 Å². The molecule has 3 rings (SSSR count). The number of morpholine rings is 1. The second kappa shape index (κ2) is 9.49. The van der Waals surface area contributed by atoms with E-state index < -0.39 is 0 Å².